The molecule has 3 aromatic carbocycles. The first-order chi connectivity index (χ1) is 19.2. The quantitative estimate of drug-likeness (QED) is 0.180. The molecule has 0 amide bonds. The first-order valence-electron chi connectivity index (χ1n) is 14.1. The molecule has 6 heteroatoms. The Balaban J connectivity index is 1.56. The maximum atomic E-state index is 5.67. The molecule has 1 aliphatic rings. The zero-order chi connectivity index (χ0) is 27.0. The summed E-state index contributed by atoms with van der Waals surface area (Å²) in [4.78, 5) is 7.85. The maximum absolute atomic E-state index is 5.67. The lowest BCUT2D eigenvalue weighted by atomic mass is 10.1. The standard InChI is InChI=1S/C33H39N3O3/c1-4-6-19-35(22-25-13-18-30-31(21-25)39-24-38-30)23-29-32(26-14-16-28(37-3)17-15-26)34-33(36(29)20-7-5-2)27-11-9-8-10-12-27/h8-18,21H,4-7,19-20,22-24H2,1-3H3. The minimum Gasteiger partial charge on any atom is -0.497 e. The monoisotopic (exact) mass is 525 g/mol. The Morgan fingerprint density at radius 2 is 1.62 bits per heavy atom. The number of unbranched alkanes of at least 4 members (excludes halogenated alkanes) is 2. The Kier molecular flexibility index (Phi) is 8.84. The minimum atomic E-state index is 0.294. The molecule has 0 saturated carbocycles. The molecule has 1 aliphatic heterocycles. The minimum absolute atomic E-state index is 0.294. The van der Waals surface area contributed by atoms with Crippen molar-refractivity contribution in [1.29, 1.82) is 0 Å². The molecule has 0 fully saturated rings. The fraction of sp³-hybridized carbons (Fsp3) is 0.364. The van der Waals surface area contributed by atoms with Crippen molar-refractivity contribution in [2.45, 2.75) is 59.2 Å². The predicted octanol–water partition coefficient (Wildman–Crippen LogP) is 7.56. The predicted molar refractivity (Wildman–Crippen MR) is 156 cm³/mol. The van der Waals surface area contributed by atoms with E-state index in [1.54, 1.807) is 7.11 Å². The normalized spacial score (nSPS) is 12.3. The van der Waals surface area contributed by atoms with Crippen LogP contribution < -0.4 is 14.2 Å². The first-order valence-corrected chi connectivity index (χ1v) is 14.1. The zero-order valence-corrected chi connectivity index (χ0v) is 23.4. The molecule has 6 nitrogen and oxygen atoms in total. The third-order valence-electron chi connectivity index (χ3n) is 7.25. The lowest BCUT2D eigenvalue weighted by Crippen LogP contribution is -2.26. The van der Waals surface area contributed by atoms with E-state index in [1.165, 1.54) is 11.3 Å². The van der Waals surface area contributed by atoms with Crippen LogP contribution in [0.2, 0.25) is 0 Å². The highest BCUT2D eigenvalue weighted by atomic mass is 16.7. The third kappa shape index (κ3) is 6.28. The van der Waals surface area contributed by atoms with Crippen LogP contribution in [-0.2, 0) is 19.6 Å². The van der Waals surface area contributed by atoms with Crippen LogP contribution in [0.4, 0.5) is 0 Å². The third-order valence-corrected chi connectivity index (χ3v) is 7.25. The molecule has 0 aliphatic carbocycles. The number of benzene rings is 3. The summed E-state index contributed by atoms with van der Waals surface area (Å²) in [7, 11) is 1.70. The SMILES string of the molecule is CCCCN(Cc1ccc2c(c1)OCO2)Cc1c(-c2ccc(OC)cc2)nc(-c2ccccc2)n1CCCC. The molecule has 0 unspecified atom stereocenters. The number of ether oxygens (including phenoxy) is 3. The van der Waals surface area contributed by atoms with Crippen molar-refractivity contribution >= 4 is 0 Å². The average Bonchev–Trinajstić information content (AvgIpc) is 3.59. The van der Waals surface area contributed by atoms with E-state index >= 15 is 0 Å². The number of nitrogens with zero attached hydrogens (tertiary/aromatic N) is 3. The Hall–Kier alpha value is -3.77. The van der Waals surface area contributed by atoms with Crippen LogP contribution >= 0.6 is 0 Å². The summed E-state index contributed by atoms with van der Waals surface area (Å²) in [5.41, 5.74) is 5.77. The van der Waals surface area contributed by atoms with Crippen molar-refractivity contribution in [3.8, 4) is 39.9 Å². The summed E-state index contributed by atoms with van der Waals surface area (Å²) >= 11 is 0. The fourth-order valence-electron chi connectivity index (χ4n) is 5.10. The molecule has 0 bridgehead atoms. The number of methoxy groups -OCH3 is 1. The molecular formula is C33H39N3O3. The van der Waals surface area contributed by atoms with Gasteiger partial charge >= 0.3 is 0 Å². The van der Waals surface area contributed by atoms with Gasteiger partial charge in [-0.15, -0.1) is 0 Å². The van der Waals surface area contributed by atoms with Crippen molar-refractivity contribution in [3.63, 3.8) is 0 Å². The summed E-state index contributed by atoms with van der Waals surface area (Å²) in [6.07, 6.45) is 4.51. The van der Waals surface area contributed by atoms with Crippen molar-refractivity contribution < 1.29 is 14.2 Å². The van der Waals surface area contributed by atoms with Gasteiger partial charge in [0.25, 0.3) is 0 Å². The second-order valence-electron chi connectivity index (χ2n) is 10.1. The summed E-state index contributed by atoms with van der Waals surface area (Å²) in [5.74, 6) is 3.54. The Morgan fingerprint density at radius 1 is 0.846 bits per heavy atom. The lowest BCUT2D eigenvalue weighted by molar-refractivity contribution is 0.174. The maximum Gasteiger partial charge on any atom is 0.231 e. The molecule has 0 spiro atoms. The van der Waals surface area contributed by atoms with Crippen LogP contribution in [0.5, 0.6) is 17.2 Å². The molecule has 2 heterocycles. The number of fused-ring (bicyclic) bond motifs is 1. The van der Waals surface area contributed by atoms with E-state index in [0.29, 0.717) is 6.79 Å². The van der Waals surface area contributed by atoms with E-state index in [2.05, 4.69) is 77.9 Å². The van der Waals surface area contributed by atoms with Gasteiger partial charge in [-0.1, -0.05) is 63.1 Å². The van der Waals surface area contributed by atoms with Gasteiger partial charge in [-0.05, 0) is 61.3 Å². The molecule has 39 heavy (non-hydrogen) atoms. The smallest absolute Gasteiger partial charge is 0.231 e. The van der Waals surface area contributed by atoms with Gasteiger partial charge in [0.2, 0.25) is 6.79 Å². The van der Waals surface area contributed by atoms with E-state index in [4.69, 9.17) is 19.2 Å². The molecule has 0 saturated heterocycles. The van der Waals surface area contributed by atoms with E-state index in [-0.39, 0.29) is 0 Å². The molecule has 0 atom stereocenters. The van der Waals surface area contributed by atoms with Crippen molar-refractivity contribution in [2.75, 3.05) is 20.4 Å². The highest BCUT2D eigenvalue weighted by Crippen LogP contribution is 2.35. The second-order valence-corrected chi connectivity index (χ2v) is 10.1. The Morgan fingerprint density at radius 3 is 2.36 bits per heavy atom. The molecule has 5 rings (SSSR count). The molecule has 4 aromatic rings. The molecular weight excluding hydrogens is 486 g/mol. The highest BCUT2D eigenvalue weighted by molar-refractivity contribution is 5.69. The van der Waals surface area contributed by atoms with Gasteiger partial charge in [0, 0.05) is 30.8 Å². The van der Waals surface area contributed by atoms with Crippen LogP contribution in [0.25, 0.3) is 22.6 Å². The number of imidazole rings is 1. The lowest BCUT2D eigenvalue weighted by Gasteiger charge is -2.24. The van der Waals surface area contributed by atoms with E-state index in [1.807, 2.05) is 18.2 Å². The Bertz CT molecular complexity index is 1350. The van der Waals surface area contributed by atoms with Gasteiger partial charge in [0.15, 0.2) is 11.5 Å². The molecule has 0 radical (unpaired) electrons. The highest BCUT2D eigenvalue weighted by Gasteiger charge is 2.22. The molecule has 204 valence electrons. The number of rotatable bonds is 13. The van der Waals surface area contributed by atoms with Gasteiger partial charge in [-0.25, -0.2) is 4.98 Å². The van der Waals surface area contributed by atoms with Crippen LogP contribution in [0.1, 0.15) is 50.8 Å². The number of aromatic nitrogens is 2. The van der Waals surface area contributed by atoms with Crippen molar-refractivity contribution in [3.05, 3.63) is 84.1 Å². The van der Waals surface area contributed by atoms with E-state index < -0.39 is 0 Å². The van der Waals surface area contributed by atoms with Crippen molar-refractivity contribution in [1.82, 2.24) is 14.5 Å². The van der Waals surface area contributed by atoms with E-state index in [9.17, 15) is 0 Å². The number of hydrogen-bond acceptors (Lipinski definition) is 5. The average molecular weight is 526 g/mol. The molecule has 0 N–H and O–H groups in total. The number of hydrogen-bond donors (Lipinski definition) is 0. The fourth-order valence-corrected chi connectivity index (χ4v) is 5.10. The van der Waals surface area contributed by atoms with Crippen molar-refractivity contribution in [2.24, 2.45) is 0 Å². The topological polar surface area (TPSA) is 48.8 Å². The van der Waals surface area contributed by atoms with Crippen LogP contribution in [-0.4, -0.2) is 34.9 Å². The first kappa shape index (κ1) is 26.8. The van der Waals surface area contributed by atoms with Gasteiger partial charge in [0.05, 0.1) is 18.5 Å². The zero-order valence-electron chi connectivity index (χ0n) is 23.4. The van der Waals surface area contributed by atoms with Crippen LogP contribution in [0.3, 0.4) is 0 Å². The second kappa shape index (κ2) is 12.9. The van der Waals surface area contributed by atoms with E-state index in [0.717, 1.165) is 91.8 Å². The summed E-state index contributed by atoms with van der Waals surface area (Å²) < 4.78 is 19.1. The summed E-state index contributed by atoms with van der Waals surface area (Å²) in [5, 5.41) is 0. The summed E-state index contributed by atoms with van der Waals surface area (Å²) in [6, 6.07) is 25.2. The Labute approximate surface area is 232 Å². The molecule has 1 aromatic heterocycles. The van der Waals surface area contributed by atoms with Gasteiger partial charge in [-0.2, -0.15) is 0 Å². The van der Waals surface area contributed by atoms with Gasteiger partial charge in [0.1, 0.15) is 11.6 Å². The van der Waals surface area contributed by atoms with Crippen LogP contribution in [0.15, 0.2) is 72.8 Å². The van der Waals surface area contributed by atoms with Gasteiger partial charge in [-0.3, -0.25) is 4.90 Å². The largest absolute Gasteiger partial charge is 0.497 e. The van der Waals surface area contributed by atoms with Gasteiger partial charge < -0.3 is 18.8 Å². The van der Waals surface area contributed by atoms with Crippen LogP contribution in [0, 0.1) is 0 Å². The summed E-state index contributed by atoms with van der Waals surface area (Å²) in [6.45, 7) is 8.37.